The Morgan fingerprint density at radius 3 is 1.54 bits per heavy atom. The highest BCUT2D eigenvalue weighted by atomic mass is 27.0. The minimum Gasteiger partial charge on any atom is -0.390 e. The molecule has 0 aliphatic carbocycles. The molecule has 0 unspecified atom stereocenters. The molecule has 0 aliphatic rings. The fraction of sp³-hybridized carbons (Fsp3) is 1.00. The molecule has 0 fully saturated rings. The van der Waals surface area contributed by atoms with E-state index in [9.17, 15) is 5.11 Å². The second-order valence-corrected chi connectivity index (χ2v) is 3.79. The topological polar surface area (TPSA) is 20.2 Å². The quantitative estimate of drug-likeness (QED) is 0.628. The van der Waals surface area contributed by atoms with Gasteiger partial charge in [0.2, 0.25) is 0 Å². The van der Waals surface area contributed by atoms with Crippen molar-refractivity contribution in [1.29, 1.82) is 0 Å². The number of hydrogen-bond acceptors (Lipinski definition) is 1. The van der Waals surface area contributed by atoms with Crippen LogP contribution >= 0.6 is 0 Å². The van der Waals surface area contributed by atoms with Gasteiger partial charge in [-0.15, -0.1) is 0 Å². The number of aliphatic hydroxyl groups is 1. The summed E-state index contributed by atoms with van der Waals surface area (Å²) in [6.07, 6.45) is 7.58. The molecule has 0 aromatic carbocycles. The van der Waals surface area contributed by atoms with Crippen LogP contribution in [0.1, 0.15) is 65.7 Å². The van der Waals surface area contributed by atoms with Gasteiger partial charge >= 0.3 is 0 Å². The first-order valence-corrected chi connectivity index (χ1v) is 5.41. The zero-order chi connectivity index (χ0) is 9.45. The molecule has 1 nitrogen and oxygen atoms in total. The van der Waals surface area contributed by atoms with Gasteiger partial charge in [-0.1, -0.05) is 46.5 Å². The summed E-state index contributed by atoms with van der Waals surface area (Å²) in [5.74, 6) is 0. The Morgan fingerprint density at radius 1 is 0.923 bits per heavy atom. The normalized spacial score (nSPS) is 11.1. The van der Waals surface area contributed by atoms with E-state index >= 15 is 0 Å². The van der Waals surface area contributed by atoms with Crippen molar-refractivity contribution in [2.24, 2.45) is 0 Å². The Balaban J connectivity index is 0. The molecule has 0 amide bonds. The van der Waals surface area contributed by atoms with Gasteiger partial charge in [0.15, 0.2) is 17.4 Å². The van der Waals surface area contributed by atoms with Crippen molar-refractivity contribution in [3.05, 3.63) is 0 Å². The molecule has 0 rings (SSSR count). The number of rotatable bonds is 7. The summed E-state index contributed by atoms with van der Waals surface area (Å²) in [6.45, 7) is 6.44. The van der Waals surface area contributed by atoms with Crippen LogP contribution in [0.15, 0.2) is 0 Å². The van der Waals surface area contributed by atoms with Crippen molar-refractivity contribution in [1.82, 2.24) is 0 Å². The third-order valence-corrected chi connectivity index (χ3v) is 2.65. The highest BCUT2D eigenvalue weighted by Crippen LogP contribution is 2.24. The van der Waals surface area contributed by atoms with Crippen molar-refractivity contribution in [2.75, 3.05) is 0 Å². The van der Waals surface area contributed by atoms with Crippen LogP contribution in [0.4, 0.5) is 0 Å². The molecule has 1 N–H and O–H groups in total. The lowest BCUT2D eigenvalue weighted by molar-refractivity contribution is 0.0148. The van der Waals surface area contributed by atoms with Crippen LogP contribution in [0.25, 0.3) is 0 Å². The Labute approximate surface area is 94.1 Å². The maximum absolute atomic E-state index is 10.1. The van der Waals surface area contributed by atoms with Crippen molar-refractivity contribution in [3.63, 3.8) is 0 Å². The summed E-state index contributed by atoms with van der Waals surface area (Å²) in [5.41, 5.74) is -0.355. The standard InChI is InChI=1S/C11H24O.Al.3H/c1-4-7-9-11(12,6-3)10-8-5-2;;;;/h12H,4-10H2,1-3H3;;;;. The first-order valence-electron chi connectivity index (χ1n) is 5.41. The fourth-order valence-corrected chi connectivity index (χ4v) is 1.49. The highest BCUT2D eigenvalue weighted by molar-refractivity contribution is 5.75. The predicted molar refractivity (Wildman–Crippen MR) is 64.2 cm³/mol. The average Bonchev–Trinajstić information content (AvgIpc) is 2.11. The van der Waals surface area contributed by atoms with Crippen LogP contribution in [0, 0.1) is 0 Å². The molecular weight excluding hydrogens is 175 g/mol. The van der Waals surface area contributed by atoms with E-state index in [1.54, 1.807) is 0 Å². The summed E-state index contributed by atoms with van der Waals surface area (Å²) in [7, 11) is 0. The Kier molecular flexibility index (Phi) is 11.1. The van der Waals surface area contributed by atoms with Crippen molar-refractivity contribution in [2.45, 2.75) is 71.3 Å². The lowest BCUT2D eigenvalue weighted by atomic mass is 9.89. The van der Waals surface area contributed by atoms with Gasteiger partial charge in [0.05, 0.1) is 5.60 Å². The van der Waals surface area contributed by atoms with Crippen LogP contribution in [-0.4, -0.2) is 28.1 Å². The van der Waals surface area contributed by atoms with Gasteiger partial charge in [-0.25, -0.2) is 0 Å². The molecule has 0 bridgehead atoms. The molecule has 80 valence electrons. The Bertz CT molecular complexity index is 96.3. The minimum absolute atomic E-state index is 0. The molecule has 2 heteroatoms. The molecule has 0 saturated heterocycles. The van der Waals surface area contributed by atoms with Gasteiger partial charge in [-0.3, -0.25) is 0 Å². The highest BCUT2D eigenvalue weighted by Gasteiger charge is 2.22. The Hall–Kier alpha value is 0.492. The van der Waals surface area contributed by atoms with Crippen molar-refractivity contribution >= 4 is 17.4 Å². The molecule has 0 spiro atoms. The minimum atomic E-state index is -0.355. The van der Waals surface area contributed by atoms with Crippen LogP contribution in [0.2, 0.25) is 0 Å². The van der Waals surface area contributed by atoms with Crippen molar-refractivity contribution < 1.29 is 5.11 Å². The van der Waals surface area contributed by atoms with Gasteiger partial charge < -0.3 is 5.11 Å². The summed E-state index contributed by atoms with van der Waals surface area (Å²) < 4.78 is 0. The van der Waals surface area contributed by atoms with Crippen LogP contribution in [-0.2, 0) is 0 Å². The van der Waals surface area contributed by atoms with E-state index < -0.39 is 0 Å². The molecule has 0 heterocycles. The molecule has 13 heavy (non-hydrogen) atoms. The summed E-state index contributed by atoms with van der Waals surface area (Å²) >= 11 is 0. The number of hydrogen-bond donors (Lipinski definition) is 1. The summed E-state index contributed by atoms with van der Waals surface area (Å²) in [4.78, 5) is 0. The van der Waals surface area contributed by atoms with Crippen molar-refractivity contribution in [3.8, 4) is 0 Å². The molecule has 0 saturated carbocycles. The van der Waals surface area contributed by atoms with E-state index in [4.69, 9.17) is 0 Å². The third-order valence-electron chi connectivity index (χ3n) is 2.65. The van der Waals surface area contributed by atoms with Gasteiger partial charge in [0.1, 0.15) is 0 Å². The number of unbranched alkanes of at least 4 members (excludes halogenated alkanes) is 2. The molecule has 0 aromatic heterocycles. The zero-order valence-electron chi connectivity index (χ0n) is 8.90. The Morgan fingerprint density at radius 2 is 1.31 bits per heavy atom. The van der Waals surface area contributed by atoms with E-state index in [1.807, 2.05) is 0 Å². The van der Waals surface area contributed by atoms with E-state index in [1.165, 1.54) is 12.8 Å². The van der Waals surface area contributed by atoms with Gasteiger partial charge in [-0.2, -0.15) is 0 Å². The van der Waals surface area contributed by atoms with E-state index in [0.717, 1.165) is 32.1 Å². The molecule has 0 aliphatic heterocycles. The average molecular weight is 202 g/mol. The third kappa shape index (κ3) is 7.55. The van der Waals surface area contributed by atoms with Crippen LogP contribution < -0.4 is 0 Å². The molecule has 0 aromatic rings. The SMILES string of the molecule is CCCCC(O)(CC)CCCC.[AlH3]. The largest absolute Gasteiger partial charge is 0.390 e. The van der Waals surface area contributed by atoms with E-state index in [-0.39, 0.29) is 23.0 Å². The first-order chi connectivity index (χ1) is 5.68. The lowest BCUT2D eigenvalue weighted by Crippen LogP contribution is -2.27. The van der Waals surface area contributed by atoms with Crippen LogP contribution in [0.5, 0.6) is 0 Å². The van der Waals surface area contributed by atoms with Gasteiger partial charge in [0, 0.05) is 0 Å². The van der Waals surface area contributed by atoms with Crippen LogP contribution in [0.3, 0.4) is 0 Å². The summed E-state index contributed by atoms with van der Waals surface area (Å²) in [5, 5.41) is 10.1. The zero-order valence-corrected chi connectivity index (χ0v) is 8.90. The second kappa shape index (κ2) is 9.06. The fourth-order valence-electron chi connectivity index (χ4n) is 1.49. The second-order valence-electron chi connectivity index (χ2n) is 3.79. The molecule has 0 atom stereocenters. The van der Waals surface area contributed by atoms with Gasteiger partial charge in [-0.05, 0) is 19.3 Å². The summed E-state index contributed by atoms with van der Waals surface area (Å²) in [6, 6.07) is 0. The monoisotopic (exact) mass is 202 g/mol. The lowest BCUT2D eigenvalue weighted by Gasteiger charge is -2.26. The van der Waals surface area contributed by atoms with E-state index in [0.29, 0.717) is 0 Å². The van der Waals surface area contributed by atoms with Gasteiger partial charge in [0.25, 0.3) is 0 Å². The predicted octanol–water partition coefficient (Wildman–Crippen LogP) is 2.32. The first kappa shape index (κ1) is 15.9. The maximum Gasteiger partial charge on any atom is 0.187 e. The maximum atomic E-state index is 10.1. The molecular formula is C11H27AlO. The van der Waals surface area contributed by atoms with E-state index in [2.05, 4.69) is 20.8 Å². The smallest absolute Gasteiger partial charge is 0.187 e. The molecule has 0 radical (unpaired) electrons.